The van der Waals surface area contributed by atoms with Crippen LogP contribution in [0.1, 0.15) is 56.1 Å². The Morgan fingerprint density at radius 1 is 1.10 bits per heavy atom. The molecule has 0 radical (unpaired) electrons. The Hall–Kier alpha value is -2.86. The summed E-state index contributed by atoms with van der Waals surface area (Å²) < 4.78 is 12.0. The first kappa shape index (κ1) is 20.1. The lowest BCUT2D eigenvalue weighted by Gasteiger charge is -2.31. The van der Waals surface area contributed by atoms with Crippen LogP contribution in [-0.4, -0.2) is 27.6 Å². The van der Waals surface area contributed by atoms with Crippen molar-refractivity contribution in [2.75, 3.05) is 6.61 Å². The van der Waals surface area contributed by atoms with Crippen LogP contribution in [0.15, 0.2) is 65.2 Å². The lowest BCUT2D eigenvalue weighted by molar-refractivity contribution is 0.218. The first-order chi connectivity index (χ1) is 15.2. The zero-order chi connectivity index (χ0) is 21.2. The second-order valence-electron chi connectivity index (χ2n) is 8.13. The van der Waals surface area contributed by atoms with Crippen LogP contribution in [0.4, 0.5) is 0 Å². The molecule has 5 rings (SSSR count). The van der Waals surface area contributed by atoms with Gasteiger partial charge in [0.05, 0.1) is 18.3 Å². The minimum atomic E-state index is -0.0337. The number of pyridine rings is 1. The first-order valence-corrected chi connectivity index (χ1v) is 11.5. The third kappa shape index (κ3) is 3.92. The molecule has 31 heavy (non-hydrogen) atoms. The Morgan fingerprint density at radius 3 is 2.61 bits per heavy atom. The fraction of sp³-hybridized carbons (Fsp3) is 0.360. The molecule has 0 amide bonds. The largest absolute Gasteiger partial charge is 0.494 e. The van der Waals surface area contributed by atoms with Gasteiger partial charge in [-0.25, -0.2) is 0 Å². The van der Waals surface area contributed by atoms with Crippen LogP contribution in [0.25, 0.3) is 11.3 Å². The molecule has 1 saturated heterocycles. The van der Waals surface area contributed by atoms with Crippen molar-refractivity contribution in [3.05, 3.63) is 72.2 Å². The second-order valence-corrected chi connectivity index (χ2v) is 8.52. The molecule has 160 valence electrons. The summed E-state index contributed by atoms with van der Waals surface area (Å²) in [5, 5.41) is 4.33. The Balaban J connectivity index is 1.49. The van der Waals surface area contributed by atoms with Crippen LogP contribution in [0, 0.1) is 0 Å². The molecule has 0 unspecified atom stereocenters. The summed E-state index contributed by atoms with van der Waals surface area (Å²) in [6, 6.07) is 18.6. The van der Waals surface area contributed by atoms with Crippen molar-refractivity contribution in [3.8, 4) is 17.1 Å². The van der Waals surface area contributed by atoms with E-state index >= 15 is 0 Å². The molecule has 1 saturated carbocycles. The van der Waals surface area contributed by atoms with Gasteiger partial charge in [-0.3, -0.25) is 4.98 Å². The molecular weight excluding hydrogens is 406 g/mol. The third-order valence-electron chi connectivity index (χ3n) is 6.22. The quantitative estimate of drug-likeness (QED) is 0.507. The molecule has 0 bridgehead atoms. The monoisotopic (exact) mass is 433 g/mol. The molecule has 2 aliphatic rings. The van der Waals surface area contributed by atoms with Crippen LogP contribution in [-0.2, 0) is 0 Å². The van der Waals surface area contributed by atoms with Crippen molar-refractivity contribution in [2.45, 2.75) is 50.7 Å². The molecule has 2 atom stereocenters. The Labute approximate surface area is 188 Å². The van der Waals surface area contributed by atoms with Gasteiger partial charge in [-0.15, -0.1) is 0 Å². The van der Waals surface area contributed by atoms with Gasteiger partial charge in [0.15, 0.2) is 5.11 Å². The van der Waals surface area contributed by atoms with E-state index in [0.717, 1.165) is 33.6 Å². The maximum atomic E-state index is 6.43. The van der Waals surface area contributed by atoms with Crippen LogP contribution >= 0.6 is 12.2 Å². The highest BCUT2D eigenvalue weighted by atomic mass is 32.1. The summed E-state index contributed by atoms with van der Waals surface area (Å²) in [4.78, 5) is 6.98. The van der Waals surface area contributed by atoms with Crippen molar-refractivity contribution in [2.24, 2.45) is 0 Å². The van der Waals surface area contributed by atoms with Gasteiger partial charge in [-0.1, -0.05) is 18.9 Å². The average molecular weight is 434 g/mol. The molecule has 3 aromatic rings. The van der Waals surface area contributed by atoms with Crippen molar-refractivity contribution >= 4 is 17.3 Å². The van der Waals surface area contributed by atoms with Crippen LogP contribution in [0.3, 0.4) is 0 Å². The summed E-state index contributed by atoms with van der Waals surface area (Å²) >= 11 is 5.80. The maximum Gasteiger partial charge on any atom is 0.170 e. The number of nitrogens with one attached hydrogen (secondary N) is 1. The number of thiocarbonyl (C=S) groups is 1. The van der Waals surface area contributed by atoms with Crippen LogP contribution in [0.5, 0.6) is 5.75 Å². The van der Waals surface area contributed by atoms with E-state index in [0.29, 0.717) is 12.6 Å². The lowest BCUT2D eigenvalue weighted by atomic mass is 10.0. The molecule has 2 aromatic heterocycles. The standard InChI is InChI=1S/C25H27N3O2S/c1-2-29-19-12-10-17(11-13-19)21-14-15-22(30-21)24-23(20-9-5-6-16-26-20)27-25(31)28(24)18-7-3-4-8-18/h5-6,9-16,18,23-24H,2-4,7-8H2,1H3,(H,27,31)/t23-,24-/m0/s1. The van der Waals surface area contributed by atoms with Crippen molar-refractivity contribution in [3.63, 3.8) is 0 Å². The number of ether oxygens (including phenoxy) is 1. The van der Waals surface area contributed by atoms with Crippen molar-refractivity contribution in [1.29, 1.82) is 0 Å². The minimum absolute atomic E-state index is 0.0121. The summed E-state index contributed by atoms with van der Waals surface area (Å²) in [6.07, 6.45) is 6.67. The molecule has 0 spiro atoms. The van der Waals surface area contributed by atoms with E-state index in [1.165, 1.54) is 25.7 Å². The molecule has 1 aliphatic carbocycles. The third-order valence-corrected chi connectivity index (χ3v) is 6.55. The van der Waals surface area contributed by atoms with E-state index in [2.05, 4.69) is 33.4 Å². The SMILES string of the molecule is CCOc1ccc(-c2ccc([C@H]3[C@H](c4ccccn4)NC(=S)N3C3CCCC3)o2)cc1. The minimum Gasteiger partial charge on any atom is -0.494 e. The van der Waals surface area contributed by atoms with Gasteiger partial charge in [0.2, 0.25) is 0 Å². The van der Waals surface area contributed by atoms with Crippen LogP contribution in [0.2, 0.25) is 0 Å². The number of benzene rings is 1. The van der Waals surface area contributed by atoms with Crippen molar-refractivity contribution < 1.29 is 9.15 Å². The molecule has 1 aliphatic heterocycles. The van der Waals surface area contributed by atoms with E-state index in [1.807, 2.05) is 49.5 Å². The zero-order valence-corrected chi connectivity index (χ0v) is 18.5. The average Bonchev–Trinajstić information content (AvgIpc) is 3.55. The number of nitrogens with zero attached hydrogens (tertiary/aromatic N) is 2. The summed E-state index contributed by atoms with van der Waals surface area (Å²) in [5.41, 5.74) is 2.01. The molecule has 1 aromatic carbocycles. The topological polar surface area (TPSA) is 50.5 Å². The van der Waals surface area contributed by atoms with Crippen LogP contribution < -0.4 is 10.1 Å². The normalized spacial score (nSPS) is 21.5. The van der Waals surface area contributed by atoms with Gasteiger partial charge in [-0.2, -0.15) is 0 Å². The highest BCUT2D eigenvalue weighted by Gasteiger charge is 2.45. The Bertz CT molecular complexity index is 1030. The fourth-order valence-corrected chi connectivity index (χ4v) is 5.18. The van der Waals surface area contributed by atoms with Gasteiger partial charge in [-0.05, 0) is 80.5 Å². The molecule has 1 N–H and O–H groups in total. The number of hydrogen-bond acceptors (Lipinski definition) is 4. The first-order valence-electron chi connectivity index (χ1n) is 11.1. The molecular formula is C25H27N3O2S. The summed E-state index contributed by atoms with van der Waals surface area (Å²) in [6.45, 7) is 2.64. The fourth-order valence-electron chi connectivity index (χ4n) is 4.79. The van der Waals surface area contributed by atoms with E-state index in [9.17, 15) is 0 Å². The summed E-state index contributed by atoms with van der Waals surface area (Å²) in [7, 11) is 0. The predicted molar refractivity (Wildman–Crippen MR) is 125 cm³/mol. The van der Waals surface area contributed by atoms with E-state index < -0.39 is 0 Å². The van der Waals surface area contributed by atoms with Gasteiger partial charge < -0.3 is 19.4 Å². The van der Waals surface area contributed by atoms with Gasteiger partial charge in [0.25, 0.3) is 0 Å². The van der Waals surface area contributed by atoms with Gasteiger partial charge in [0, 0.05) is 17.8 Å². The van der Waals surface area contributed by atoms with E-state index in [4.69, 9.17) is 21.4 Å². The molecule has 5 nitrogen and oxygen atoms in total. The van der Waals surface area contributed by atoms with Gasteiger partial charge >= 0.3 is 0 Å². The highest BCUT2D eigenvalue weighted by molar-refractivity contribution is 7.80. The predicted octanol–water partition coefficient (Wildman–Crippen LogP) is 5.66. The maximum absolute atomic E-state index is 6.43. The van der Waals surface area contributed by atoms with Crippen molar-refractivity contribution in [1.82, 2.24) is 15.2 Å². The zero-order valence-electron chi connectivity index (χ0n) is 17.7. The van der Waals surface area contributed by atoms with E-state index in [1.54, 1.807) is 0 Å². The second kappa shape index (κ2) is 8.71. The van der Waals surface area contributed by atoms with Gasteiger partial charge in [0.1, 0.15) is 23.3 Å². The summed E-state index contributed by atoms with van der Waals surface area (Å²) in [5.74, 6) is 2.63. The molecule has 2 fully saturated rings. The number of aromatic nitrogens is 1. The molecule has 3 heterocycles. The Morgan fingerprint density at radius 2 is 1.90 bits per heavy atom. The highest BCUT2D eigenvalue weighted by Crippen LogP contribution is 2.44. The lowest BCUT2D eigenvalue weighted by Crippen LogP contribution is -2.37. The number of hydrogen-bond donors (Lipinski definition) is 1. The van der Waals surface area contributed by atoms with E-state index in [-0.39, 0.29) is 12.1 Å². The Kier molecular flexibility index (Phi) is 5.64. The molecule has 6 heteroatoms. The number of furan rings is 1. The smallest absolute Gasteiger partial charge is 0.170 e. The number of rotatable bonds is 6.